The molecule has 0 saturated heterocycles. The topological polar surface area (TPSA) is 67.2 Å². The highest BCUT2D eigenvalue weighted by atomic mass is 32.2. The van der Waals surface area contributed by atoms with Crippen LogP contribution in [0.5, 0.6) is 0 Å². The quantitative estimate of drug-likeness (QED) is 0.302. The van der Waals surface area contributed by atoms with Gasteiger partial charge < -0.3 is 15.2 Å². The Morgan fingerprint density at radius 2 is 1.66 bits per heavy atom. The maximum Gasteiger partial charge on any atom is 0.256 e. The summed E-state index contributed by atoms with van der Waals surface area (Å²) in [7, 11) is 0. The van der Waals surface area contributed by atoms with Gasteiger partial charge in [-0.2, -0.15) is 0 Å². The number of anilines is 2. The number of benzene rings is 3. The Hall–Kier alpha value is -3.51. The molecule has 0 atom stereocenters. The molecule has 0 saturated carbocycles. The molecular formula is C26H25N3O2S. The molecule has 0 unspecified atom stereocenters. The molecule has 0 aliphatic carbocycles. The zero-order chi connectivity index (χ0) is 22.2. The Morgan fingerprint density at radius 3 is 2.41 bits per heavy atom. The molecular weight excluding hydrogens is 418 g/mol. The standard InChI is InChI=1S/C26H25N3O2S/c1-19-17-23(31-29-19)18-32-25-10-6-5-9-24(25)26(30)28-22-13-11-21(12-14-22)27-16-15-20-7-3-2-4-8-20/h2-14,17,27H,15-16,18H2,1H3,(H,28,30). The smallest absolute Gasteiger partial charge is 0.256 e. The zero-order valence-corrected chi connectivity index (χ0v) is 18.7. The third kappa shape index (κ3) is 6.02. The summed E-state index contributed by atoms with van der Waals surface area (Å²) in [5.74, 6) is 1.28. The van der Waals surface area contributed by atoms with Crippen LogP contribution in [0, 0.1) is 6.92 Å². The monoisotopic (exact) mass is 443 g/mol. The number of thioether (sulfide) groups is 1. The van der Waals surface area contributed by atoms with Crippen molar-refractivity contribution in [3.8, 4) is 0 Å². The van der Waals surface area contributed by atoms with Crippen LogP contribution in [-0.4, -0.2) is 17.6 Å². The Labute approximate surface area is 192 Å². The first kappa shape index (κ1) is 21.7. The Bertz CT molecular complexity index is 1160. The lowest BCUT2D eigenvalue weighted by Crippen LogP contribution is -2.13. The number of nitrogens with zero attached hydrogens (tertiary/aromatic N) is 1. The summed E-state index contributed by atoms with van der Waals surface area (Å²) in [5.41, 5.74) is 4.58. The number of nitrogens with one attached hydrogen (secondary N) is 2. The SMILES string of the molecule is Cc1cc(CSc2ccccc2C(=O)Nc2ccc(NCCc3ccccc3)cc2)on1. The van der Waals surface area contributed by atoms with Crippen LogP contribution in [0.2, 0.25) is 0 Å². The fourth-order valence-electron chi connectivity index (χ4n) is 3.28. The van der Waals surface area contributed by atoms with Crippen LogP contribution in [0.4, 0.5) is 11.4 Å². The van der Waals surface area contributed by atoms with Crippen molar-refractivity contribution in [3.05, 3.63) is 108 Å². The van der Waals surface area contributed by atoms with Gasteiger partial charge in [0, 0.05) is 28.9 Å². The Balaban J connectivity index is 1.32. The zero-order valence-electron chi connectivity index (χ0n) is 17.9. The molecule has 6 heteroatoms. The van der Waals surface area contributed by atoms with Crippen LogP contribution in [0.3, 0.4) is 0 Å². The van der Waals surface area contributed by atoms with E-state index in [9.17, 15) is 4.79 Å². The minimum atomic E-state index is -0.133. The number of carbonyl (C=O) groups excluding carboxylic acids is 1. The lowest BCUT2D eigenvalue weighted by atomic mass is 10.1. The summed E-state index contributed by atoms with van der Waals surface area (Å²) in [6, 6.07) is 27.7. The summed E-state index contributed by atoms with van der Waals surface area (Å²) < 4.78 is 5.27. The van der Waals surface area contributed by atoms with Crippen molar-refractivity contribution in [1.29, 1.82) is 0 Å². The van der Waals surface area contributed by atoms with Gasteiger partial charge in [-0.3, -0.25) is 4.79 Å². The molecule has 0 bridgehead atoms. The molecule has 162 valence electrons. The van der Waals surface area contributed by atoms with E-state index in [2.05, 4.69) is 40.1 Å². The first-order chi connectivity index (χ1) is 15.7. The van der Waals surface area contributed by atoms with Crippen LogP contribution in [0.15, 0.2) is 94.3 Å². The predicted molar refractivity (Wildman–Crippen MR) is 130 cm³/mol. The maximum absolute atomic E-state index is 12.9. The highest BCUT2D eigenvalue weighted by Crippen LogP contribution is 2.27. The minimum Gasteiger partial charge on any atom is -0.385 e. The molecule has 3 aromatic carbocycles. The summed E-state index contributed by atoms with van der Waals surface area (Å²) in [5, 5.41) is 10.3. The van der Waals surface area contributed by atoms with E-state index in [1.165, 1.54) is 5.56 Å². The van der Waals surface area contributed by atoms with Gasteiger partial charge in [0.25, 0.3) is 5.91 Å². The van der Waals surface area contributed by atoms with E-state index in [1.54, 1.807) is 11.8 Å². The van der Waals surface area contributed by atoms with Gasteiger partial charge in [-0.25, -0.2) is 0 Å². The number of hydrogen-bond acceptors (Lipinski definition) is 5. The van der Waals surface area contributed by atoms with Crippen LogP contribution in [0.25, 0.3) is 0 Å². The molecule has 1 aromatic heterocycles. The van der Waals surface area contributed by atoms with Crippen molar-refractivity contribution in [2.75, 3.05) is 17.2 Å². The second-order valence-corrected chi connectivity index (χ2v) is 8.43. The van der Waals surface area contributed by atoms with Gasteiger partial charge in [-0.1, -0.05) is 47.6 Å². The Kier molecular flexibility index (Phi) is 7.25. The number of carbonyl (C=O) groups is 1. The Morgan fingerprint density at radius 1 is 0.938 bits per heavy atom. The number of amides is 1. The van der Waals surface area contributed by atoms with Gasteiger partial charge in [-0.05, 0) is 55.3 Å². The van der Waals surface area contributed by atoms with E-state index in [1.807, 2.05) is 67.6 Å². The molecule has 4 aromatic rings. The second-order valence-electron chi connectivity index (χ2n) is 7.41. The average molecular weight is 444 g/mol. The van der Waals surface area contributed by atoms with Crippen LogP contribution in [-0.2, 0) is 12.2 Å². The molecule has 0 spiro atoms. The summed E-state index contributed by atoms with van der Waals surface area (Å²) in [6.45, 7) is 2.74. The lowest BCUT2D eigenvalue weighted by Gasteiger charge is -2.11. The van der Waals surface area contributed by atoms with Crippen LogP contribution < -0.4 is 10.6 Å². The van der Waals surface area contributed by atoms with Crippen molar-refractivity contribution < 1.29 is 9.32 Å². The molecule has 2 N–H and O–H groups in total. The molecule has 1 amide bonds. The van der Waals surface area contributed by atoms with E-state index in [0.29, 0.717) is 11.3 Å². The molecule has 0 radical (unpaired) electrons. The largest absolute Gasteiger partial charge is 0.385 e. The van der Waals surface area contributed by atoms with Gasteiger partial charge in [0.15, 0.2) is 0 Å². The van der Waals surface area contributed by atoms with Crippen molar-refractivity contribution in [2.24, 2.45) is 0 Å². The van der Waals surface area contributed by atoms with E-state index in [-0.39, 0.29) is 5.91 Å². The number of aromatic nitrogens is 1. The van der Waals surface area contributed by atoms with Crippen molar-refractivity contribution in [2.45, 2.75) is 24.0 Å². The molecule has 0 fully saturated rings. The molecule has 5 nitrogen and oxygen atoms in total. The summed E-state index contributed by atoms with van der Waals surface area (Å²) in [4.78, 5) is 13.8. The number of rotatable bonds is 9. The molecule has 1 heterocycles. The maximum atomic E-state index is 12.9. The third-order valence-corrected chi connectivity index (χ3v) is 6.00. The highest BCUT2D eigenvalue weighted by molar-refractivity contribution is 7.98. The van der Waals surface area contributed by atoms with Gasteiger partial charge in [0.2, 0.25) is 0 Å². The van der Waals surface area contributed by atoms with Gasteiger partial charge in [0.1, 0.15) is 5.76 Å². The van der Waals surface area contributed by atoms with E-state index >= 15 is 0 Å². The molecule has 4 rings (SSSR count). The minimum absolute atomic E-state index is 0.133. The first-order valence-electron chi connectivity index (χ1n) is 10.5. The van der Waals surface area contributed by atoms with E-state index < -0.39 is 0 Å². The van der Waals surface area contributed by atoms with Gasteiger partial charge in [-0.15, -0.1) is 11.8 Å². The van der Waals surface area contributed by atoms with E-state index in [4.69, 9.17) is 4.52 Å². The lowest BCUT2D eigenvalue weighted by molar-refractivity contribution is 0.102. The van der Waals surface area contributed by atoms with Crippen molar-refractivity contribution in [1.82, 2.24) is 5.16 Å². The fraction of sp³-hybridized carbons (Fsp3) is 0.154. The normalized spacial score (nSPS) is 10.7. The first-order valence-corrected chi connectivity index (χ1v) is 11.5. The van der Waals surface area contributed by atoms with E-state index in [0.717, 1.165) is 40.7 Å². The van der Waals surface area contributed by atoms with Gasteiger partial charge in [0.05, 0.1) is 17.0 Å². The number of hydrogen-bond donors (Lipinski definition) is 2. The molecule has 0 aliphatic heterocycles. The molecule has 32 heavy (non-hydrogen) atoms. The van der Waals surface area contributed by atoms with Crippen molar-refractivity contribution in [3.63, 3.8) is 0 Å². The van der Waals surface area contributed by atoms with Crippen molar-refractivity contribution >= 4 is 29.0 Å². The third-order valence-electron chi connectivity index (χ3n) is 4.91. The molecule has 0 aliphatic rings. The summed E-state index contributed by atoms with van der Waals surface area (Å²) >= 11 is 1.56. The second kappa shape index (κ2) is 10.7. The summed E-state index contributed by atoms with van der Waals surface area (Å²) in [6.07, 6.45) is 0.960. The van der Waals surface area contributed by atoms with Crippen LogP contribution >= 0.6 is 11.8 Å². The van der Waals surface area contributed by atoms with Crippen LogP contribution in [0.1, 0.15) is 27.4 Å². The number of aryl methyl sites for hydroxylation is 1. The fourth-order valence-corrected chi connectivity index (χ4v) is 4.20. The highest BCUT2D eigenvalue weighted by Gasteiger charge is 2.13. The average Bonchev–Trinajstić information content (AvgIpc) is 3.25. The van der Waals surface area contributed by atoms with Gasteiger partial charge >= 0.3 is 0 Å². The predicted octanol–water partition coefficient (Wildman–Crippen LogP) is 6.18.